The maximum atomic E-state index is 11.9. The van der Waals surface area contributed by atoms with Crippen LogP contribution in [-0.2, 0) is 9.53 Å². The molecule has 1 amide bonds. The number of fused-ring (bicyclic) bond motifs is 1. The van der Waals surface area contributed by atoms with E-state index in [0.717, 1.165) is 24.6 Å². The smallest absolute Gasteiger partial charge is 0.236 e. The largest absolute Gasteiger partial charge is 0.356 e. The fourth-order valence-electron chi connectivity index (χ4n) is 1.87. The second kappa shape index (κ2) is 3.90. The summed E-state index contributed by atoms with van der Waals surface area (Å²) >= 11 is 1.49. The van der Waals surface area contributed by atoms with Gasteiger partial charge in [-0.05, 0) is 19.1 Å². The van der Waals surface area contributed by atoms with Gasteiger partial charge in [0.25, 0.3) is 0 Å². The first-order chi connectivity index (χ1) is 6.74. The highest BCUT2D eigenvalue weighted by Crippen LogP contribution is 2.28. The summed E-state index contributed by atoms with van der Waals surface area (Å²) in [5.74, 6) is 0.0960. The molecule has 2 heterocycles. The quantitative estimate of drug-likeness (QED) is 0.602. The Labute approximate surface area is 87.7 Å². The molecule has 0 saturated carbocycles. The molecular weight excluding hydrogens is 200 g/mol. The van der Waals surface area contributed by atoms with E-state index in [1.807, 2.05) is 6.26 Å². The minimum atomic E-state index is -0.227. The van der Waals surface area contributed by atoms with E-state index in [9.17, 15) is 4.79 Å². The van der Waals surface area contributed by atoms with E-state index in [4.69, 9.17) is 4.74 Å². The Morgan fingerprint density at radius 2 is 2.43 bits per heavy atom. The van der Waals surface area contributed by atoms with Crippen LogP contribution < -0.4 is 0 Å². The highest BCUT2D eigenvalue weighted by Gasteiger charge is 2.38. The van der Waals surface area contributed by atoms with Crippen LogP contribution in [-0.4, -0.2) is 42.1 Å². The lowest BCUT2D eigenvalue weighted by atomic mass is 9.97. The molecule has 14 heavy (non-hydrogen) atoms. The first-order valence-electron chi connectivity index (χ1n) is 4.75. The van der Waals surface area contributed by atoms with E-state index >= 15 is 0 Å². The van der Waals surface area contributed by atoms with Crippen molar-refractivity contribution in [2.24, 2.45) is 10.9 Å². The van der Waals surface area contributed by atoms with Crippen molar-refractivity contribution in [2.45, 2.75) is 19.1 Å². The second-order valence-corrected chi connectivity index (χ2v) is 4.30. The molecule has 78 valence electrons. The van der Waals surface area contributed by atoms with Crippen molar-refractivity contribution >= 4 is 22.8 Å². The number of carbonyl (C=O) groups excluding carboxylic acids is 1. The summed E-state index contributed by atoms with van der Waals surface area (Å²) in [6, 6.07) is 0. The summed E-state index contributed by atoms with van der Waals surface area (Å²) < 4.78 is 5.48. The van der Waals surface area contributed by atoms with Gasteiger partial charge in [-0.3, -0.25) is 9.69 Å². The molecule has 5 heteroatoms. The van der Waals surface area contributed by atoms with Gasteiger partial charge >= 0.3 is 0 Å². The van der Waals surface area contributed by atoms with Gasteiger partial charge in [0.2, 0.25) is 5.91 Å². The standard InChI is InChI=1S/C9H14N2O2S/c1-11-8(12)6-4-3-5-13-7(6)10-9(11)14-2/h6-7H,3-5H2,1-2H3. The fourth-order valence-corrected chi connectivity index (χ4v) is 2.44. The SMILES string of the molecule is CSC1=NC2OCCCC2C(=O)N1C. The van der Waals surface area contributed by atoms with Gasteiger partial charge < -0.3 is 4.74 Å². The molecule has 0 N–H and O–H groups in total. The molecule has 2 rings (SSSR count). The number of hydrogen-bond donors (Lipinski definition) is 0. The summed E-state index contributed by atoms with van der Waals surface area (Å²) in [6.45, 7) is 0.726. The zero-order chi connectivity index (χ0) is 10.1. The third-order valence-corrected chi connectivity index (χ3v) is 3.39. The van der Waals surface area contributed by atoms with Crippen molar-refractivity contribution in [1.82, 2.24) is 4.90 Å². The average molecular weight is 214 g/mol. The van der Waals surface area contributed by atoms with Crippen LogP contribution in [0.2, 0.25) is 0 Å². The first-order valence-corrected chi connectivity index (χ1v) is 5.97. The predicted octanol–water partition coefficient (Wildman–Crippen LogP) is 0.930. The van der Waals surface area contributed by atoms with Crippen LogP contribution in [0.3, 0.4) is 0 Å². The lowest BCUT2D eigenvalue weighted by molar-refractivity contribution is -0.141. The molecule has 2 aliphatic rings. The normalized spacial score (nSPS) is 32.6. The van der Waals surface area contributed by atoms with E-state index in [2.05, 4.69) is 4.99 Å². The molecule has 4 nitrogen and oxygen atoms in total. The Balaban J connectivity index is 2.25. The third-order valence-electron chi connectivity index (χ3n) is 2.65. The molecule has 1 fully saturated rings. The second-order valence-electron chi connectivity index (χ2n) is 3.52. The van der Waals surface area contributed by atoms with Gasteiger partial charge in [-0.2, -0.15) is 0 Å². The third kappa shape index (κ3) is 1.54. The number of carbonyl (C=O) groups is 1. The van der Waals surface area contributed by atoms with Crippen molar-refractivity contribution < 1.29 is 9.53 Å². The summed E-state index contributed by atoms with van der Waals surface area (Å²) in [5, 5.41) is 0.762. The zero-order valence-corrected chi connectivity index (χ0v) is 9.21. The molecule has 0 aromatic rings. The molecule has 0 aromatic heterocycles. The van der Waals surface area contributed by atoms with Gasteiger partial charge in [0, 0.05) is 13.7 Å². The summed E-state index contributed by atoms with van der Waals surface area (Å²) in [7, 11) is 1.78. The predicted molar refractivity (Wildman–Crippen MR) is 56.2 cm³/mol. The van der Waals surface area contributed by atoms with E-state index in [-0.39, 0.29) is 18.1 Å². The highest BCUT2D eigenvalue weighted by molar-refractivity contribution is 8.13. The fraction of sp³-hybridized carbons (Fsp3) is 0.778. The number of aliphatic imine (C=N–C) groups is 1. The molecule has 0 spiro atoms. The number of amidine groups is 1. The Morgan fingerprint density at radius 1 is 1.64 bits per heavy atom. The van der Waals surface area contributed by atoms with Crippen molar-refractivity contribution in [2.75, 3.05) is 19.9 Å². The Hall–Kier alpha value is -0.550. The zero-order valence-electron chi connectivity index (χ0n) is 8.40. The van der Waals surface area contributed by atoms with E-state index in [1.54, 1.807) is 11.9 Å². The summed E-state index contributed by atoms with van der Waals surface area (Å²) in [4.78, 5) is 17.9. The number of amides is 1. The molecule has 2 unspecified atom stereocenters. The summed E-state index contributed by atoms with van der Waals surface area (Å²) in [6.07, 6.45) is 3.56. The molecule has 0 aromatic carbocycles. The maximum absolute atomic E-state index is 11.9. The van der Waals surface area contributed by atoms with Gasteiger partial charge in [0.05, 0.1) is 5.92 Å². The number of nitrogens with zero attached hydrogens (tertiary/aromatic N) is 2. The number of rotatable bonds is 0. The summed E-state index contributed by atoms with van der Waals surface area (Å²) in [5.41, 5.74) is 0. The average Bonchev–Trinajstić information content (AvgIpc) is 2.23. The van der Waals surface area contributed by atoms with Gasteiger partial charge in [-0.25, -0.2) is 4.99 Å². The monoisotopic (exact) mass is 214 g/mol. The van der Waals surface area contributed by atoms with Crippen LogP contribution in [0.15, 0.2) is 4.99 Å². The topological polar surface area (TPSA) is 41.9 Å². The molecular formula is C9H14N2O2S. The van der Waals surface area contributed by atoms with Crippen LogP contribution in [0, 0.1) is 5.92 Å². The maximum Gasteiger partial charge on any atom is 0.236 e. The first kappa shape index (κ1) is 9.98. The van der Waals surface area contributed by atoms with Crippen LogP contribution in [0.25, 0.3) is 0 Å². The van der Waals surface area contributed by atoms with E-state index in [0.29, 0.717) is 0 Å². The van der Waals surface area contributed by atoms with Gasteiger partial charge in [0.15, 0.2) is 11.4 Å². The lowest BCUT2D eigenvalue weighted by Crippen LogP contribution is -2.48. The van der Waals surface area contributed by atoms with Gasteiger partial charge in [0.1, 0.15) is 0 Å². The molecule has 2 aliphatic heterocycles. The molecule has 0 bridgehead atoms. The molecule has 0 radical (unpaired) electrons. The van der Waals surface area contributed by atoms with Crippen LogP contribution in [0.4, 0.5) is 0 Å². The molecule has 0 aliphatic carbocycles. The molecule has 2 atom stereocenters. The minimum Gasteiger partial charge on any atom is -0.356 e. The number of thioether (sulfide) groups is 1. The van der Waals surface area contributed by atoms with Crippen molar-refractivity contribution in [1.29, 1.82) is 0 Å². The van der Waals surface area contributed by atoms with Crippen molar-refractivity contribution in [3.63, 3.8) is 0 Å². The van der Waals surface area contributed by atoms with E-state index < -0.39 is 0 Å². The number of ether oxygens (including phenoxy) is 1. The van der Waals surface area contributed by atoms with Gasteiger partial charge in [-0.1, -0.05) is 11.8 Å². The van der Waals surface area contributed by atoms with Crippen molar-refractivity contribution in [3.8, 4) is 0 Å². The van der Waals surface area contributed by atoms with Crippen LogP contribution in [0.5, 0.6) is 0 Å². The Bertz CT molecular complexity index is 280. The van der Waals surface area contributed by atoms with E-state index in [1.165, 1.54) is 11.8 Å². The van der Waals surface area contributed by atoms with Crippen LogP contribution >= 0.6 is 11.8 Å². The minimum absolute atomic E-state index is 0.0513. The van der Waals surface area contributed by atoms with Crippen molar-refractivity contribution in [3.05, 3.63) is 0 Å². The van der Waals surface area contributed by atoms with Gasteiger partial charge in [-0.15, -0.1) is 0 Å². The highest BCUT2D eigenvalue weighted by atomic mass is 32.2. The molecule has 1 saturated heterocycles. The van der Waals surface area contributed by atoms with Crippen LogP contribution in [0.1, 0.15) is 12.8 Å². The Morgan fingerprint density at radius 3 is 3.14 bits per heavy atom. The lowest BCUT2D eigenvalue weighted by Gasteiger charge is -2.36. The Kier molecular flexibility index (Phi) is 2.78. The number of hydrogen-bond acceptors (Lipinski definition) is 4.